The van der Waals surface area contributed by atoms with E-state index in [4.69, 9.17) is 5.11 Å². The van der Waals surface area contributed by atoms with Crippen LogP contribution in [0.5, 0.6) is 0 Å². The van der Waals surface area contributed by atoms with E-state index in [0.29, 0.717) is 10.2 Å². The monoisotopic (exact) mass is 334 g/mol. The van der Waals surface area contributed by atoms with Gasteiger partial charge in [0.1, 0.15) is 0 Å². The highest BCUT2D eigenvalue weighted by atomic mass is 79.9. The molecule has 2 aromatic rings. The summed E-state index contributed by atoms with van der Waals surface area (Å²) >= 11 is 3.18. The number of aromatic nitrogens is 1. The first-order valence-electron chi connectivity index (χ1n) is 5.74. The van der Waals surface area contributed by atoms with E-state index in [1.54, 1.807) is 18.2 Å². The van der Waals surface area contributed by atoms with E-state index < -0.39 is 11.9 Å². The SMILES string of the molecule is Cc1ccc(NC(=O)c2ccc(Br)cc2C(=O)O)cn1. The van der Waals surface area contributed by atoms with Crippen molar-refractivity contribution in [2.75, 3.05) is 5.32 Å². The molecule has 5 nitrogen and oxygen atoms in total. The van der Waals surface area contributed by atoms with Gasteiger partial charge in [0.15, 0.2) is 0 Å². The number of hydrogen-bond acceptors (Lipinski definition) is 3. The third kappa shape index (κ3) is 3.21. The van der Waals surface area contributed by atoms with Gasteiger partial charge >= 0.3 is 5.97 Å². The summed E-state index contributed by atoms with van der Waals surface area (Å²) in [5.74, 6) is -1.64. The van der Waals surface area contributed by atoms with Crippen LogP contribution < -0.4 is 5.32 Å². The second kappa shape index (κ2) is 5.83. The number of pyridine rings is 1. The van der Waals surface area contributed by atoms with Gasteiger partial charge in [0, 0.05) is 10.2 Å². The fourth-order valence-corrected chi connectivity index (χ4v) is 1.99. The molecular weight excluding hydrogens is 324 g/mol. The van der Waals surface area contributed by atoms with Crippen molar-refractivity contribution in [2.45, 2.75) is 6.92 Å². The quantitative estimate of drug-likeness (QED) is 0.903. The van der Waals surface area contributed by atoms with E-state index in [1.165, 1.54) is 18.3 Å². The number of nitrogens with one attached hydrogen (secondary N) is 1. The number of carboxylic acids is 1. The summed E-state index contributed by atoms with van der Waals surface area (Å²) in [5, 5.41) is 11.7. The van der Waals surface area contributed by atoms with Crippen molar-refractivity contribution in [1.82, 2.24) is 4.98 Å². The first-order valence-corrected chi connectivity index (χ1v) is 6.53. The lowest BCUT2D eigenvalue weighted by molar-refractivity contribution is 0.0692. The van der Waals surface area contributed by atoms with Gasteiger partial charge in [-0.2, -0.15) is 0 Å². The lowest BCUT2D eigenvalue weighted by Gasteiger charge is -2.08. The molecule has 20 heavy (non-hydrogen) atoms. The molecule has 2 N–H and O–H groups in total. The number of anilines is 1. The maximum absolute atomic E-state index is 12.1. The second-order valence-corrected chi connectivity index (χ2v) is 5.05. The van der Waals surface area contributed by atoms with Crippen LogP contribution in [0.4, 0.5) is 5.69 Å². The van der Waals surface area contributed by atoms with Crippen molar-refractivity contribution in [3.8, 4) is 0 Å². The van der Waals surface area contributed by atoms with Crippen LogP contribution >= 0.6 is 15.9 Å². The predicted molar refractivity (Wildman–Crippen MR) is 78.0 cm³/mol. The second-order valence-electron chi connectivity index (χ2n) is 4.14. The minimum Gasteiger partial charge on any atom is -0.478 e. The Labute approximate surface area is 123 Å². The minimum absolute atomic E-state index is 0.0584. The topological polar surface area (TPSA) is 79.3 Å². The molecule has 6 heteroatoms. The molecule has 0 saturated carbocycles. The van der Waals surface area contributed by atoms with Gasteiger partial charge in [-0.25, -0.2) is 4.79 Å². The largest absolute Gasteiger partial charge is 0.478 e. The summed E-state index contributed by atoms with van der Waals surface area (Å²) in [5.41, 5.74) is 1.39. The number of carboxylic acid groups (broad SMARTS) is 1. The molecular formula is C14H11BrN2O3. The van der Waals surface area contributed by atoms with Gasteiger partial charge in [-0.1, -0.05) is 15.9 Å². The Morgan fingerprint density at radius 1 is 1.20 bits per heavy atom. The summed E-state index contributed by atoms with van der Waals surface area (Å²) in [4.78, 5) is 27.3. The molecule has 1 amide bonds. The summed E-state index contributed by atoms with van der Waals surface area (Å²) in [6.45, 7) is 1.84. The highest BCUT2D eigenvalue weighted by Crippen LogP contribution is 2.18. The Bertz CT molecular complexity index is 669. The van der Waals surface area contributed by atoms with E-state index in [0.717, 1.165) is 5.69 Å². The zero-order chi connectivity index (χ0) is 14.7. The van der Waals surface area contributed by atoms with Crippen LogP contribution in [-0.2, 0) is 0 Å². The predicted octanol–water partition coefficient (Wildman–Crippen LogP) is 3.10. The number of aromatic carboxylic acids is 1. The molecule has 0 aliphatic rings. The maximum atomic E-state index is 12.1. The molecule has 0 radical (unpaired) electrons. The third-order valence-electron chi connectivity index (χ3n) is 2.63. The van der Waals surface area contributed by atoms with Crippen molar-refractivity contribution in [3.05, 3.63) is 57.8 Å². The number of nitrogens with zero attached hydrogens (tertiary/aromatic N) is 1. The maximum Gasteiger partial charge on any atom is 0.336 e. The normalized spacial score (nSPS) is 10.1. The molecule has 0 unspecified atom stereocenters. The first kappa shape index (κ1) is 14.2. The van der Waals surface area contributed by atoms with E-state index >= 15 is 0 Å². The third-order valence-corrected chi connectivity index (χ3v) is 3.12. The molecule has 2 rings (SSSR count). The fraction of sp³-hybridized carbons (Fsp3) is 0.0714. The molecule has 1 aromatic heterocycles. The van der Waals surface area contributed by atoms with Crippen LogP contribution in [0.2, 0.25) is 0 Å². The van der Waals surface area contributed by atoms with Gasteiger partial charge in [-0.3, -0.25) is 9.78 Å². The van der Waals surface area contributed by atoms with Gasteiger partial charge in [0.2, 0.25) is 0 Å². The van der Waals surface area contributed by atoms with Gasteiger partial charge < -0.3 is 10.4 Å². The van der Waals surface area contributed by atoms with Crippen molar-refractivity contribution in [2.24, 2.45) is 0 Å². The average Bonchev–Trinajstić information content (AvgIpc) is 2.41. The van der Waals surface area contributed by atoms with Crippen molar-refractivity contribution in [3.63, 3.8) is 0 Å². The van der Waals surface area contributed by atoms with Crippen molar-refractivity contribution in [1.29, 1.82) is 0 Å². The van der Waals surface area contributed by atoms with Gasteiger partial charge in [0.25, 0.3) is 5.91 Å². The lowest BCUT2D eigenvalue weighted by atomic mass is 10.1. The summed E-state index contributed by atoms with van der Waals surface area (Å²) in [7, 11) is 0. The number of carbonyl (C=O) groups excluding carboxylic acids is 1. The zero-order valence-corrected chi connectivity index (χ0v) is 12.1. The fourth-order valence-electron chi connectivity index (χ4n) is 1.63. The Hall–Kier alpha value is -2.21. The van der Waals surface area contributed by atoms with E-state index in [-0.39, 0.29) is 11.1 Å². The molecule has 0 aliphatic heterocycles. The molecule has 0 saturated heterocycles. The number of amides is 1. The molecule has 0 aliphatic carbocycles. The summed E-state index contributed by atoms with van der Waals surface area (Å²) in [6.07, 6.45) is 1.52. The highest BCUT2D eigenvalue weighted by molar-refractivity contribution is 9.10. The Kier molecular flexibility index (Phi) is 4.14. The zero-order valence-electron chi connectivity index (χ0n) is 10.6. The van der Waals surface area contributed by atoms with Crippen LogP contribution in [0, 0.1) is 6.92 Å². The van der Waals surface area contributed by atoms with Crippen LogP contribution in [0.1, 0.15) is 26.4 Å². The summed E-state index contributed by atoms with van der Waals surface area (Å²) in [6, 6.07) is 7.94. The van der Waals surface area contributed by atoms with Gasteiger partial charge in [0.05, 0.1) is 23.0 Å². The number of aryl methyl sites for hydroxylation is 1. The molecule has 0 spiro atoms. The smallest absolute Gasteiger partial charge is 0.336 e. The average molecular weight is 335 g/mol. The van der Waals surface area contributed by atoms with Crippen molar-refractivity contribution < 1.29 is 14.7 Å². The Morgan fingerprint density at radius 2 is 1.95 bits per heavy atom. The molecule has 0 fully saturated rings. The van der Waals surface area contributed by atoms with Crippen molar-refractivity contribution >= 4 is 33.5 Å². The van der Waals surface area contributed by atoms with E-state index in [1.807, 2.05) is 6.92 Å². The number of benzene rings is 1. The molecule has 0 bridgehead atoms. The number of hydrogen-bond donors (Lipinski definition) is 2. The molecule has 0 atom stereocenters. The highest BCUT2D eigenvalue weighted by Gasteiger charge is 2.17. The number of carbonyl (C=O) groups is 2. The van der Waals surface area contributed by atoms with Gasteiger partial charge in [-0.15, -0.1) is 0 Å². The molecule has 102 valence electrons. The summed E-state index contributed by atoms with van der Waals surface area (Å²) < 4.78 is 0.600. The van der Waals surface area contributed by atoms with Crippen LogP contribution in [-0.4, -0.2) is 22.0 Å². The van der Waals surface area contributed by atoms with Crippen LogP contribution in [0.3, 0.4) is 0 Å². The molecule has 1 heterocycles. The Morgan fingerprint density at radius 3 is 2.55 bits per heavy atom. The minimum atomic E-state index is -1.15. The van der Waals surface area contributed by atoms with Crippen LogP contribution in [0.25, 0.3) is 0 Å². The standard InChI is InChI=1S/C14H11BrN2O3/c1-8-2-4-10(7-16-8)17-13(18)11-5-3-9(15)6-12(11)14(19)20/h2-7H,1H3,(H,17,18)(H,19,20). The lowest BCUT2D eigenvalue weighted by Crippen LogP contribution is -2.16. The van der Waals surface area contributed by atoms with E-state index in [9.17, 15) is 9.59 Å². The first-order chi connectivity index (χ1) is 9.47. The number of rotatable bonds is 3. The Balaban J connectivity index is 2.29. The van der Waals surface area contributed by atoms with Crippen LogP contribution in [0.15, 0.2) is 41.0 Å². The van der Waals surface area contributed by atoms with E-state index in [2.05, 4.69) is 26.2 Å². The molecule has 1 aromatic carbocycles. The number of halogens is 1. The van der Waals surface area contributed by atoms with Gasteiger partial charge in [-0.05, 0) is 37.3 Å².